The minimum absolute atomic E-state index is 0.293. The van der Waals surface area contributed by atoms with E-state index >= 15 is 0 Å². The number of piperidine rings is 1. The summed E-state index contributed by atoms with van der Waals surface area (Å²) in [6.07, 6.45) is 1.88. The molecule has 1 aromatic carbocycles. The molecule has 2 fully saturated rings. The maximum Gasteiger partial charge on any atom is 0.227 e. The predicted octanol–water partition coefficient (Wildman–Crippen LogP) is 1.74. The Balaban J connectivity index is 1.91. The highest BCUT2D eigenvalue weighted by atomic mass is 16.2. The van der Waals surface area contributed by atoms with Crippen LogP contribution in [0.3, 0.4) is 0 Å². The van der Waals surface area contributed by atoms with E-state index in [4.69, 9.17) is 0 Å². The SMILES string of the molecule is CN1CC[C@@H]2CC(=O)N(c3ccccc3)[C@@H]2C1. The summed E-state index contributed by atoms with van der Waals surface area (Å²) in [6.45, 7) is 2.13. The molecule has 1 aromatic rings. The monoisotopic (exact) mass is 230 g/mol. The van der Waals surface area contributed by atoms with E-state index in [-0.39, 0.29) is 0 Å². The van der Waals surface area contributed by atoms with Crippen LogP contribution in [0.25, 0.3) is 0 Å². The van der Waals surface area contributed by atoms with Gasteiger partial charge in [-0.2, -0.15) is 0 Å². The number of carbonyl (C=O) groups excluding carboxylic acids is 1. The zero-order valence-corrected chi connectivity index (χ0v) is 10.2. The Kier molecular flexibility index (Phi) is 2.63. The molecule has 0 radical (unpaired) electrons. The van der Waals surface area contributed by atoms with Crippen LogP contribution >= 0.6 is 0 Å². The number of carbonyl (C=O) groups is 1. The first-order valence-electron chi connectivity index (χ1n) is 6.31. The van der Waals surface area contributed by atoms with Crippen LogP contribution in [-0.2, 0) is 4.79 Å². The first-order chi connectivity index (χ1) is 8.25. The molecule has 2 saturated heterocycles. The molecule has 17 heavy (non-hydrogen) atoms. The summed E-state index contributed by atoms with van der Waals surface area (Å²) in [6, 6.07) is 10.5. The van der Waals surface area contributed by atoms with Gasteiger partial charge in [-0.15, -0.1) is 0 Å². The fourth-order valence-electron chi connectivity index (χ4n) is 3.10. The summed E-state index contributed by atoms with van der Waals surface area (Å²) >= 11 is 0. The number of anilines is 1. The van der Waals surface area contributed by atoms with Crippen LogP contribution in [0.2, 0.25) is 0 Å². The topological polar surface area (TPSA) is 23.6 Å². The van der Waals surface area contributed by atoms with Gasteiger partial charge in [0.15, 0.2) is 0 Å². The second-order valence-corrected chi connectivity index (χ2v) is 5.18. The first kappa shape index (κ1) is 10.8. The number of hydrogen-bond acceptors (Lipinski definition) is 2. The fraction of sp³-hybridized carbons (Fsp3) is 0.500. The maximum atomic E-state index is 12.2. The molecular formula is C14H18N2O. The van der Waals surface area contributed by atoms with Crippen molar-refractivity contribution in [2.45, 2.75) is 18.9 Å². The molecule has 0 spiro atoms. The molecule has 3 heteroatoms. The van der Waals surface area contributed by atoms with Crippen LogP contribution in [0.1, 0.15) is 12.8 Å². The first-order valence-corrected chi connectivity index (χ1v) is 6.31. The number of amides is 1. The highest BCUT2D eigenvalue weighted by Crippen LogP contribution is 2.35. The van der Waals surface area contributed by atoms with E-state index in [0.717, 1.165) is 31.6 Å². The molecule has 2 aliphatic heterocycles. The van der Waals surface area contributed by atoms with Gasteiger partial charge in [-0.25, -0.2) is 0 Å². The average molecular weight is 230 g/mol. The van der Waals surface area contributed by atoms with Crippen molar-refractivity contribution in [2.75, 3.05) is 25.0 Å². The lowest BCUT2D eigenvalue weighted by Gasteiger charge is -2.36. The van der Waals surface area contributed by atoms with Crippen LogP contribution in [0.4, 0.5) is 5.69 Å². The molecule has 1 amide bonds. The van der Waals surface area contributed by atoms with Crippen molar-refractivity contribution in [3.63, 3.8) is 0 Å². The van der Waals surface area contributed by atoms with Crippen molar-refractivity contribution in [1.82, 2.24) is 4.90 Å². The van der Waals surface area contributed by atoms with Crippen molar-refractivity contribution < 1.29 is 4.79 Å². The quantitative estimate of drug-likeness (QED) is 0.733. The van der Waals surface area contributed by atoms with Crippen molar-refractivity contribution in [1.29, 1.82) is 0 Å². The second kappa shape index (κ2) is 4.15. The molecule has 3 rings (SSSR count). The molecule has 0 aliphatic carbocycles. The van der Waals surface area contributed by atoms with Gasteiger partial charge in [0.2, 0.25) is 5.91 Å². The zero-order chi connectivity index (χ0) is 11.8. The van der Waals surface area contributed by atoms with E-state index in [1.807, 2.05) is 35.2 Å². The minimum Gasteiger partial charge on any atom is -0.308 e. The second-order valence-electron chi connectivity index (χ2n) is 5.18. The number of likely N-dealkylation sites (tertiary alicyclic amines) is 1. The molecule has 0 bridgehead atoms. The molecule has 0 unspecified atom stereocenters. The van der Waals surface area contributed by atoms with Crippen molar-refractivity contribution in [3.05, 3.63) is 30.3 Å². The summed E-state index contributed by atoms with van der Waals surface area (Å²) in [5, 5.41) is 0. The van der Waals surface area contributed by atoms with Crippen LogP contribution in [-0.4, -0.2) is 37.0 Å². The Morgan fingerprint density at radius 1 is 1.24 bits per heavy atom. The van der Waals surface area contributed by atoms with Crippen LogP contribution in [0.15, 0.2) is 30.3 Å². The molecule has 0 N–H and O–H groups in total. The van der Waals surface area contributed by atoms with Crippen molar-refractivity contribution in [3.8, 4) is 0 Å². The third-order valence-electron chi connectivity index (χ3n) is 4.00. The maximum absolute atomic E-state index is 12.2. The van der Waals surface area contributed by atoms with Gasteiger partial charge in [0.1, 0.15) is 0 Å². The van der Waals surface area contributed by atoms with Crippen molar-refractivity contribution in [2.24, 2.45) is 5.92 Å². The van der Waals surface area contributed by atoms with Crippen LogP contribution in [0.5, 0.6) is 0 Å². The number of likely N-dealkylation sites (N-methyl/N-ethyl adjacent to an activating group) is 1. The van der Waals surface area contributed by atoms with Gasteiger partial charge in [-0.05, 0) is 38.1 Å². The molecule has 90 valence electrons. The summed E-state index contributed by atoms with van der Waals surface area (Å²) in [5.41, 5.74) is 1.06. The third-order valence-corrected chi connectivity index (χ3v) is 4.00. The Hall–Kier alpha value is -1.35. The largest absolute Gasteiger partial charge is 0.308 e. The number of nitrogens with zero attached hydrogens (tertiary/aromatic N) is 2. The number of hydrogen-bond donors (Lipinski definition) is 0. The molecule has 2 aliphatic rings. The lowest BCUT2D eigenvalue weighted by Crippen LogP contribution is -2.47. The van der Waals surface area contributed by atoms with Crippen LogP contribution in [0, 0.1) is 5.92 Å². The smallest absolute Gasteiger partial charge is 0.227 e. The lowest BCUT2D eigenvalue weighted by molar-refractivity contribution is -0.117. The number of para-hydroxylation sites is 1. The number of fused-ring (bicyclic) bond motifs is 1. The third kappa shape index (κ3) is 1.84. The van der Waals surface area contributed by atoms with E-state index in [1.165, 1.54) is 0 Å². The summed E-state index contributed by atoms with van der Waals surface area (Å²) in [4.78, 5) is 16.5. The van der Waals surface area contributed by atoms with E-state index in [2.05, 4.69) is 11.9 Å². The average Bonchev–Trinajstić information content (AvgIpc) is 2.65. The minimum atomic E-state index is 0.293. The Morgan fingerprint density at radius 3 is 2.76 bits per heavy atom. The molecule has 2 atom stereocenters. The van der Waals surface area contributed by atoms with Gasteiger partial charge >= 0.3 is 0 Å². The fourth-order valence-corrected chi connectivity index (χ4v) is 3.10. The van der Waals surface area contributed by atoms with E-state index in [1.54, 1.807) is 0 Å². The Labute approximate surface area is 102 Å². The number of benzene rings is 1. The van der Waals surface area contributed by atoms with Gasteiger partial charge in [-0.1, -0.05) is 18.2 Å². The number of rotatable bonds is 1. The predicted molar refractivity (Wildman–Crippen MR) is 67.9 cm³/mol. The summed E-state index contributed by atoms with van der Waals surface area (Å²) in [5.74, 6) is 0.848. The molecule has 2 heterocycles. The van der Waals surface area contributed by atoms with Crippen LogP contribution < -0.4 is 4.90 Å². The highest BCUT2D eigenvalue weighted by molar-refractivity contribution is 5.96. The molecule has 0 aromatic heterocycles. The van der Waals surface area contributed by atoms with Gasteiger partial charge in [0.25, 0.3) is 0 Å². The van der Waals surface area contributed by atoms with Gasteiger partial charge in [0.05, 0.1) is 6.04 Å². The van der Waals surface area contributed by atoms with Crippen molar-refractivity contribution >= 4 is 11.6 Å². The normalized spacial score (nSPS) is 29.5. The standard InChI is InChI=1S/C14H18N2O/c1-15-8-7-11-9-14(17)16(13(11)10-15)12-5-3-2-4-6-12/h2-6,11,13H,7-10H2,1H3/t11-,13-/m1/s1. The van der Waals surface area contributed by atoms with E-state index < -0.39 is 0 Å². The zero-order valence-electron chi connectivity index (χ0n) is 10.2. The Morgan fingerprint density at radius 2 is 2.00 bits per heavy atom. The van der Waals surface area contributed by atoms with E-state index in [9.17, 15) is 4.79 Å². The van der Waals surface area contributed by atoms with Gasteiger partial charge < -0.3 is 9.80 Å². The molecular weight excluding hydrogens is 212 g/mol. The highest BCUT2D eigenvalue weighted by Gasteiger charge is 2.42. The van der Waals surface area contributed by atoms with Gasteiger partial charge in [-0.3, -0.25) is 4.79 Å². The Bertz CT molecular complexity index is 417. The molecule has 0 saturated carbocycles. The van der Waals surface area contributed by atoms with E-state index in [0.29, 0.717) is 17.9 Å². The lowest BCUT2D eigenvalue weighted by atomic mass is 9.92. The summed E-state index contributed by atoms with van der Waals surface area (Å²) < 4.78 is 0. The summed E-state index contributed by atoms with van der Waals surface area (Å²) in [7, 11) is 2.14. The van der Waals surface area contributed by atoms with Gasteiger partial charge in [0, 0.05) is 18.7 Å². The molecule has 3 nitrogen and oxygen atoms in total.